The maximum Gasteiger partial charge on any atom is 0.341 e. The molecule has 0 saturated heterocycles. The first-order valence-electron chi connectivity index (χ1n) is 24.8. The first-order chi connectivity index (χ1) is 37.7. The van der Waals surface area contributed by atoms with E-state index in [-0.39, 0.29) is 81.2 Å². The maximum atomic E-state index is 11.8. The van der Waals surface area contributed by atoms with Crippen LogP contribution < -0.4 is 45.0 Å². The number of benzene rings is 5. The molecule has 0 heterocycles. The highest BCUT2D eigenvalue weighted by atomic mass is 16.5. The van der Waals surface area contributed by atoms with Gasteiger partial charge in [-0.1, -0.05) is 27.7 Å². The number of phenolic OH excluding ortho intramolecular Hbond substituents is 4. The lowest BCUT2D eigenvalue weighted by Crippen LogP contribution is -2.41. The molecule has 21 N–H and O–H groups in total. The predicted octanol–water partition coefficient (Wildman–Crippen LogP) is 3.77. The Balaban J connectivity index is 0.000000507. The van der Waals surface area contributed by atoms with Crippen LogP contribution in [0.25, 0.3) is 0 Å². The molecule has 0 bridgehead atoms. The van der Waals surface area contributed by atoms with Crippen LogP contribution in [0.5, 0.6) is 28.7 Å². The number of carbonyl (C=O) groups is 7. The number of aliphatic carboxylic acids is 2. The molecule has 0 spiro atoms. The molecule has 0 aromatic heterocycles. The fourth-order valence-corrected chi connectivity index (χ4v) is 6.50. The quantitative estimate of drug-likeness (QED) is 0.0367. The van der Waals surface area contributed by atoms with E-state index in [1.807, 2.05) is 0 Å². The fourth-order valence-electron chi connectivity index (χ4n) is 6.50. The third-order valence-corrected chi connectivity index (χ3v) is 11.0. The van der Waals surface area contributed by atoms with Gasteiger partial charge in [0.1, 0.15) is 52.5 Å². The number of nitrogens with two attached hydrogens (primary N) is 6. The molecule has 0 saturated carbocycles. The highest BCUT2D eigenvalue weighted by molar-refractivity contribution is 6.00. The Bertz CT molecular complexity index is 2770. The zero-order valence-corrected chi connectivity index (χ0v) is 45.2. The summed E-state index contributed by atoms with van der Waals surface area (Å²) in [4.78, 5) is 82.7. The second kappa shape index (κ2) is 35.6. The Morgan fingerprint density at radius 2 is 0.850 bits per heavy atom. The molecule has 5 rings (SSSR count). The first-order valence-corrected chi connectivity index (χ1v) is 24.8. The molecular formula is C54H74N10O16. The summed E-state index contributed by atoms with van der Waals surface area (Å²) in [5.74, 6) is -6.31. The second-order valence-electron chi connectivity index (χ2n) is 16.7. The molecule has 5 aromatic carbocycles. The van der Waals surface area contributed by atoms with Gasteiger partial charge >= 0.3 is 23.9 Å². The summed E-state index contributed by atoms with van der Waals surface area (Å²) in [5.41, 5.74) is 34.4. The minimum absolute atomic E-state index is 0.0826. The van der Waals surface area contributed by atoms with E-state index >= 15 is 0 Å². The van der Waals surface area contributed by atoms with Crippen molar-refractivity contribution < 1.29 is 78.8 Å². The number of rotatable bonds is 21. The highest BCUT2D eigenvalue weighted by Crippen LogP contribution is 2.24. The molecule has 26 heteroatoms. The lowest BCUT2D eigenvalue weighted by atomic mass is 10.1. The molecule has 1 atom stereocenters. The van der Waals surface area contributed by atoms with Gasteiger partial charge in [-0.15, -0.1) is 0 Å². The summed E-state index contributed by atoms with van der Waals surface area (Å²) in [6, 6.07) is 19.7. The van der Waals surface area contributed by atoms with E-state index in [2.05, 4.69) is 48.1 Å². The Labute approximate surface area is 462 Å². The van der Waals surface area contributed by atoms with Crippen LogP contribution in [0, 0.1) is 0 Å². The van der Waals surface area contributed by atoms with Crippen molar-refractivity contribution in [2.75, 3.05) is 87.7 Å². The van der Waals surface area contributed by atoms with Crippen LogP contribution in [0.3, 0.4) is 0 Å². The molecule has 0 aliphatic carbocycles. The molecule has 0 unspecified atom stereocenters. The second-order valence-corrected chi connectivity index (χ2v) is 16.7. The van der Waals surface area contributed by atoms with Crippen LogP contribution >= 0.6 is 0 Å². The van der Waals surface area contributed by atoms with Gasteiger partial charge in [-0.3, -0.25) is 19.2 Å². The standard InChI is InChI=1S/C13H21N3O2.C13H20N2O3.C12H14N2O6.C9H11NO3.C7H8N2O2/c1-3-16(4-2)8-7-15-13(18)11-6-5-10(14)9-12(11)17;1-3-15(4-2)7-8-18-13(17)11-6-5-10(14)9-12(11)16;13-6-1-2-7(9(15)5-6)11(18)14-8(12(19)20)3-4-10(16)17;1-2-13-9(12)7-4-3-6(10)5-8(7)11;8-4-1-2-5(7(9)11)6(10)3-4/h5-6,9,17H,3-4,7-8,14H2,1-2H3,(H,15,18);5-6,9,16H,3-4,7-8,14H2,1-2H3;1-2,5,8,15H,3-4,13H2,(H,14,18)(H,16,17)(H,19,20);3-5,11H,2,10H2,1H3;1-3,10H,8H2,(H2,9,11)/t;;8-;;/m..0../s1. The molecule has 0 fully saturated rings. The van der Waals surface area contributed by atoms with Gasteiger partial charge in [-0.25, -0.2) is 14.4 Å². The van der Waals surface area contributed by atoms with E-state index in [1.165, 1.54) is 72.8 Å². The molecule has 0 aliphatic heterocycles. The van der Waals surface area contributed by atoms with Crippen molar-refractivity contribution in [2.24, 2.45) is 5.73 Å². The summed E-state index contributed by atoms with van der Waals surface area (Å²) in [6.45, 7) is 16.4. The third kappa shape index (κ3) is 25.0. The van der Waals surface area contributed by atoms with Crippen molar-refractivity contribution in [1.29, 1.82) is 0 Å². The Morgan fingerprint density at radius 3 is 1.19 bits per heavy atom. The van der Waals surface area contributed by atoms with E-state index < -0.39 is 48.2 Å². The number of hydrogen-bond donors (Lipinski definition) is 15. The molecule has 0 aliphatic rings. The molecule has 0 radical (unpaired) electrons. The number of likely N-dealkylation sites (N-methyl/N-ethyl adjacent to an activating group) is 2. The normalized spacial score (nSPS) is 10.5. The van der Waals surface area contributed by atoms with Crippen LogP contribution in [-0.2, 0) is 19.1 Å². The van der Waals surface area contributed by atoms with Gasteiger partial charge in [0, 0.05) is 84.8 Å². The number of primary amides is 1. The Kier molecular flexibility index (Phi) is 30.4. The topological polar surface area (TPSA) is 466 Å². The predicted molar refractivity (Wildman–Crippen MR) is 301 cm³/mol. The summed E-state index contributed by atoms with van der Waals surface area (Å²) >= 11 is 0. The number of nitrogens with one attached hydrogen (secondary N) is 2. The number of esters is 2. The largest absolute Gasteiger partial charge is 0.507 e. The number of phenols is 5. The van der Waals surface area contributed by atoms with Crippen LogP contribution in [0.1, 0.15) is 99.3 Å². The van der Waals surface area contributed by atoms with Crippen molar-refractivity contribution in [2.45, 2.75) is 53.5 Å². The molecular weight excluding hydrogens is 1040 g/mol. The van der Waals surface area contributed by atoms with Gasteiger partial charge in [-0.2, -0.15) is 0 Å². The van der Waals surface area contributed by atoms with Crippen LogP contribution in [0.15, 0.2) is 91.0 Å². The number of aromatic hydroxyl groups is 5. The third-order valence-electron chi connectivity index (χ3n) is 11.0. The van der Waals surface area contributed by atoms with Crippen molar-refractivity contribution >= 4 is 70.0 Å². The number of nitrogens with zero attached hydrogens (tertiary/aromatic N) is 2. The summed E-state index contributed by atoms with van der Waals surface area (Å²) in [7, 11) is 0. The number of hydrogen-bond acceptors (Lipinski definition) is 21. The van der Waals surface area contributed by atoms with Gasteiger partial charge in [0.2, 0.25) is 0 Å². The lowest BCUT2D eigenvalue weighted by Gasteiger charge is -2.18. The molecule has 26 nitrogen and oxygen atoms in total. The summed E-state index contributed by atoms with van der Waals surface area (Å²) in [6.07, 6.45) is -0.656. The molecule has 5 aromatic rings. The molecule has 436 valence electrons. The number of anilines is 5. The van der Waals surface area contributed by atoms with Crippen LogP contribution in [-0.4, -0.2) is 152 Å². The average molecular weight is 1120 g/mol. The zero-order valence-electron chi connectivity index (χ0n) is 45.2. The van der Waals surface area contributed by atoms with Gasteiger partial charge in [-0.05, 0) is 100 Å². The number of carboxylic acid groups (broad SMARTS) is 2. The van der Waals surface area contributed by atoms with E-state index in [0.717, 1.165) is 38.8 Å². The smallest absolute Gasteiger partial charge is 0.341 e. The monoisotopic (exact) mass is 1120 g/mol. The van der Waals surface area contributed by atoms with Gasteiger partial charge < -0.3 is 100 Å². The van der Waals surface area contributed by atoms with Gasteiger partial charge in [0.15, 0.2) is 0 Å². The van der Waals surface area contributed by atoms with Crippen molar-refractivity contribution in [3.63, 3.8) is 0 Å². The number of carboxylic acids is 2. The molecule has 80 heavy (non-hydrogen) atoms. The van der Waals surface area contributed by atoms with Gasteiger partial charge in [0.25, 0.3) is 17.7 Å². The SMILES string of the molecule is CCN(CC)CCNC(=O)c1ccc(N)cc1O.CCN(CC)CCOC(=O)c1ccc(N)cc1O.CCOC(=O)c1ccc(N)cc1O.NC(=O)c1ccc(N)cc1O.Nc1ccc(C(=O)N[C@@H](CCC(=O)O)C(=O)O)c(O)c1. The van der Waals surface area contributed by atoms with Crippen molar-refractivity contribution in [1.82, 2.24) is 20.4 Å². The Hall–Kier alpha value is -9.69. The fraction of sp³-hybridized carbons (Fsp3) is 0.315. The maximum absolute atomic E-state index is 11.8. The zero-order chi connectivity index (χ0) is 60.6. The van der Waals surface area contributed by atoms with Crippen LogP contribution in [0.4, 0.5) is 28.4 Å². The number of amides is 3. The van der Waals surface area contributed by atoms with E-state index in [0.29, 0.717) is 42.4 Å². The minimum atomic E-state index is -1.35. The summed E-state index contributed by atoms with van der Waals surface area (Å²) < 4.78 is 9.81. The van der Waals surface area contributed by atoms with Crippen LogP contribution in [0.2, 0.25) is 0 Å². The van der Waals surface area contributed by atoms with Gasteiger partial charge in [0.05, 0.1) is 23.3 Å². The molecule has 3 amide bonds. The number of nitrogen functional groups attached to an aromatic ring is 5. The van der Waals surface area contributed by atoms with Crippen molar-refractivity contribution in [3.05, 3.63) is 119 Å². The summed E-state index contributed by atoms with van der Waals surface area (Å²) in [5, 5.41) is 69.5. The minimum Gasteiger partial charge on any atom is -0.507 e. The average Bonchev–Trinajstić information content (AvgIpc) is 3.38. The first kappa shape index (κ1) is 68.3. The van der Waals surface area contributed by atoms with E-state index in [4.69, 9.17) is 59.2 Å². The highest BCUT2D eigenvalue weighted by Gasteiger charge is 2.23. The number of carbonyl (C=O) groups excluding carboxylic acids is 5. The lowest BCUT2D eigenvalue weighted by molar-refractivity contribution is -0.140. The number of ether oxygens (including phenoxy) is 2. The van der Waals surface area contributed by atoms with E-state index in [1.54, 1.807) is 19.1 Å². The van der Waals surface area contributed by atoms with Crippen molar-refractivity contribution in [3.8, 4) is 28.7 Å². The van der Waals surface area contributed by atoms with E-state index in [9.17, 15) is 54.0 Å². The Morgan fingerprint density at radius 1 is 0.500 bits per heavy atom.